The molecule has 130 valence electrons. The number of aliphatic hydroxyl groups is 1. The number of aliphatic hydroxyl groups excluding tert-OH is 1. The van der Waals surface area contributed by atoms with E-state index in [1.165, 1.54) is 0 Å². The zero-order valence-electron chi connectivity index (χ0n) is 14.1. The van der Waals surface area contributed by atoms with Crippen LogP contribution in [0.1, 0.15) is 18.9 Å². The quantitative estimate of drug-likeness (QED) is 0.779. The van der Waals surface area contributed by atoms with Gasteiger partial charge < -0.3 is 9.63 Å². The molecule has 0 amide bonds. The number of nitrogens with zero attached hydrogens (tertiary/aromatic N) is 2. The highest BCUT2D eigenvalue weighted by atomic mass is 31.2. The number of hydrazone groups is 1. The predicted octanol–water partition coefficient (Wildman–Crippen LogP) is 4.41. The molecule has 2 aromatic carbocycles. The Labute approximate surface area is 147 Å². The van der Waals surface area contributed by atoms with Gasteiger partial charge in [-0.15, -0.1) is 0 Å². The summed E-state index contributed by atoms with van der Waals surface area (Å²) in [7, 11) is -3.32. The normalized spacial score (nSPS) is 20.2. The van der Waals surface area contributed by atoms with Gasteiger partial charge in [0.05, 0.1) is 12.3 Å². The van der Waals surface area contributed by atoms with E-state index in [-0.39, 0.29) is 13.0 Å². The second-order valence-electron chi connectivity index (χ2n) is 5.53. The summed E-state index contributed by atoms with van der Waals surface area (Å²) in [5.74, 6) is 0. The van der Waals surface area contributed by atoms with Crippen LogP contribution < -0.4 is 5.01 Å². The maximum atomic E-state index is 13.7. The third-order valence-electron chi connectivity index (χ3n) is 3.86. The maximum Gasteiger partial charge on any atom is 0.279 e. The zero-order chi connectivity index (χ0) is 17.7. The van der Waals surface area contributed by atoms with Crippen LogP contribution >= 0.6 is 7.37 Å². The predicted molar refractivity (Wildman–Crippen MR) is 101 cm³/mol. The molecular weight excluding hydrogens is 335 g/mol. The SMILES string of the molecule is CCOP1(=O)C(CCO)=CN(c2ccccc2)N=C1c1ccccc1. The van der Waals surface area contributed by atoms with Gasteiger partial charge in [0.2, 0.25) is 0 Å². The fourth-order valence-electron chi connectivity index (χ4n) is 2.72. The van der Waals surface area contributed by atoms with E-state index in [0.29, 0.717) is 17.4 Å². The van der Waals surface area contributed by atoms with Gasteiger partial charge in [-0.25, -0.2) is 5.01 Å². The van der Waals surface area contributed by atoms with Crippen molar-refractivity contribution in [3.8, 4) is 0 Å². The molecule has 1 aliphatic rings. The molecule has 0 aromatic heterocycles. The first-order chi connectivity index (χ1) is 12.2. The van der Waals surface area contributed by atoms with E-state index >= 15 is 0 Å². The summed E-state index contributed by atoms with van der Waals surface area (Å²) >= 11 is 0. The highest BCUT2D eigenvalue weighted by Gasteiger charge is 2.39. The highest BCUT2D eigenvalue weighted by Crippen LogP contribution is 2.61. The summed E-state index contributed by atoms with van der Waals surface area (Å²) in [4.78, 5) is 0. The summed E-state index contributed by atoms with van der Waals surface area (Å²) < 4.78 is 19.4. The van der Waals surface area contributed by atoms with Gasteiger partial charge >= 0.3 is 0 Å². The summed E-state index contributed by atoms with van der Waals surface area (Å²) in [6.45, 7) is 2.01. The van der Waals surface area contributed by atoms with E-state index in [1.807, 2.05) is 67.6 Å². The van der Waals surface area contributed by atoms with Gasteiger partial charge in [0.25, 0.3) is 7.37 Å². The first-order valence-corrected chi connectivity index (χ1v) is 9.87. The van der Waals surface area contributed by atoms with Gasteiger partial charge in [-0.1, -0.05) is 48.5 Å². The van der Waals surface area contributed by atoms with E-state index in [1.54, 1.807) is 11.2 Å². The number of benzene rings is 2. The largest absolute Gasteiger partial charge is 0.396 e. The van der Waals surface area contributed by atoms with Crippen molar-refractivity contribution in [2.24, 2.45) is 5.10 Å². The first kappa shape index (κ1) is 17.6. The molecule has 2 aromatic rings. The summed E-state index contributed by atoms with van der Waals surface area (Å²) in [5.41, 5.74) is 2.02. The molecule has 5 nitrogen and oxygen atoms in total. The lowest BCUT2D eigenvalue weighted by atomic mass is 10.2. The molecule has 0 saturated heterocycles. The molecule has 1 N–H and O–H groups in total. The number of hydrogen-bond acceptors (Lipinski definition) is 5. The van der Waals surface area contributed by atoms with Gasteiger partial charge in [-0.05, 0) is 19.1 Å². The van der Waals surface area contributed by atoms with E-state index in [4.69, 9.17) is 4.52 Å². The van der Waals surface area contributed by atoms with Crippen LogP contribution in [0, 0.1) is 0 Å². The minimum Gasteiger partial charge on any atom is -0.396 e. The van der Waals surface area contributed by atoms with Crippen molar-refractivity contribution >= 4 is 18.5 Å². The van der Waals surface area contributed by atoms with Gasteiger partial charge in [0, 0.05) is 30.1 Å². The molecule has 3 rings (SSSR count). The van der Waals surface area contributed by atoms with Crippen LogP contribution in [0.4, 0.5) is 5.69 Å². The molecule has 0 saturated carbocycles. The topological polar surface area (TPSA) is 62.1 Å². The number of anilines is 1. The molecule has 0 radical (unpaired) electrons. The van der Waals surface area contributed by atoms with Crippen LogP contribution in [-0.2, 0) is 9.09 Å². The van der Waals surface area contributed by atoms with E-state index < -0.39 is 7.37 Å². The van der Waals surface area contributed by atoms with E-state index in [2.05, 4.69) is 5.10 Å². The number of hydrogen-bond donors (Lipinski definition) is 1. The molecule has 0 bridgehead atoms. The van der Waals surface area contributed by atoms with Crippen molar-refractivity contribution in [2.75, 3.05) is 18.2 Å². The van der Waals surface area contributed by atoms with Gasteiger partial charge in [-0.2, -0.15) is 5.10 Å². The van der Waals surface area contributed by atoms with Gasteiger partial charge in [-0.3, -0.25) is 4.57 Å². The Morgan fingerprint density at radius 3 is 2.32 bits per heavy atom. The fourth-order valence-corrected chi connectivity index (χ4v) is 5.01. The lowest BCUT2D eigenvalue weighted by Crippen LogP contribution is -2.22. The second kappa shape index (κ2) is 7.79. The Kier molecular flexibility index (Phi) is 5.49. The molecule has 6 heteroatoms. The molecule has 25 heavy (non-hydrogen) atoms. The summed E-state index contributed by atoms with van der Waals surface area (Å²) in [6, 6.07) is 19.0. The van der Waals surface area contributed by atoms with Crippen molar-refractivity contribution in [2.45, 2.75) is 13.3 Å². The van der Waals surface area contributed by atoms with Crippen LogP contribution in [0.25, 0.3) is 0 Å². The molecule has 1 aliphatic heterocycles. The summed E-state index contributed by atoms with van der Waals surface area (Å²) in [5, 5.41) is 16.3. The molecule has 1 unspecified atom stereocenters. The lowest BCUT2D eigenvalue weighted by molar-refractivity contribution is 0.297. The lowest BCUT2D eigenvalue weighted by Gasteiger charge is -2.30. The smallest absolute Gasteiger partial charge is 0.279 e. The molecule has 0 spiro atoms. The zero-order valence-corrected chi connectivity index (χ0v) is 15.0. The first-order valence-electron chi connectivity index (χ1n) is 8.24. The van der Waals surface area contributed by atoms with Crippen LogP contribution in [0.15, 0.2) is 77.3 Å². The van der Waals surface area contributed by atoms with Crippen LogP contribution in [0.3, 0.4) is 0 Å². The molecule has 1 atom stereocenters. The third kappa shape index (κ3) is 3.59. The van der Waals surface area contributed by atoms with Crippen molar-refractivity contribution < 1.29 is 14.2 Å². The third-order valence-corrected chi connectivity index (χ3v) is 6.48. The number of para-hydroxylation sites is 1. The van der Waals surface area contributed by atoms with E-state index in [0.717, 1.165) is 11.3 Å². The van der Waals surface area contributed by atoms with Crippen molar-refractivity contribution in [1.82, 2.24) is 0 Å². The number of rotatable bonds is 6. The molecule has 1 heterocycles. The van der Waals surface area contributed by atoms with Crippen molar-refractivity contribution in [3.05, 3.63) is 77.7 Å². The van der Waals surface area contributed by atoms with Crippen LogP contribution in [-0.4, -0.2) is 23.8 Å². The maximum absolute atomic E-state index is 13.7. The van der Waals surface area contributed by atoms with Gasteiger partial charge in [0.1, 0.15) is 0 Å². The average molecular weight is 356 g/mol. The molecule has 0 fully saturated rings. The summed E-state index contributed by atoms with van der Waals surface area (Å²) in [6.07, 6.45) is 1.99. The fraction of sp³-hybridized carbons (Fsp3) is 0.211. The standard InChI is InChI=1S/C19H21N2O3P/c1-2-24-25(23)18(13-14-22)15-21(17-11-7-4-8-12-17)20-19(25)16-9-5-3-6-10-16/h3-12,15,22H,2,13-14H2,1H3. The van der Waals surface area contributed by atoms with Gasteiger partial charge in [0.15, 0.2) is 5.45 Å². The van der Waals surface area contributed by atoms with E-state index in [9.17, 15) is 9.67 Å². The monoisotopic (exact) mass is 356 g/mol. The Morgan fingerprint density at radius 1 is 1.08 bits per heavy atom. The minimum absolute atomic E-state index is 0.104. The highest BCUT2D eigenvalue weighted by molar-refractivity contribution is 7.81. The average Bonchev–Trinajstić information content (AvgIpc) is 2.65. The van der Waals surface area contributed by atoms with Crippen molar-refractivity contribution in [1.29, 1.82) is 0 Å². The Balaban J connectivity index is 2.15. The van der Waals surface area contributed by atoms with Crippen LogP contribution in [0.5, 0.6) is 0 Å². The Morgan fingerprint density at radius 2 is 1.72 bits per heavy atom. The second-order valence-corrected chi connectivity index (χ2v) is 7.89. The Bertz CT molecular complexity index is 819. The Hall–Kier alpha value is -2.20. The van der Waals surface area contributed by atoms with Crippen molar-refractivity contribution in [3.63, 3.8) is 0 Å². The molecule has 0 aliphatic carbocycles. The minimum atomic E-state index is -3.32. The van der Waals surface area contributed by atoms with Crippen LogP contribution in [0.2, 0.25) is 0 Å². The molecular formula is C19H21N2O3P.